The molecule has 14 aromatic rings. The number of hydrogen-bond donors (Lipinski definition) is 0. The second kappa shape index (κ2) is 33.3. The van der Waals surface area contributed by atoms with Gasteiger partial charge in [-0.2, -0.15) is 0 Å². The molecule has 0 aliphatic heterocycles. The van der Waals surface area contributed by atoms with Crippen molar-refractivity contribution in [1.29, 1.82) is 0 Å². The Labute approximate surface area is 662 Å². The summed E-state index contributed by atoms with van der Waals surface area (Å²) in [5, 5.41) is 0. The molecule has 0 N–H and O–H groups in total. The first-order valence-corrected chi connectivity index (χ1v) is 40.8. The number of hydrogen-bond acceptors (Lipinski definition) is 2. The molecule has 0 amide bonds. The maximum absolute atomic E-state index is 2.58. The van der Waals surface area contributed by atoms with Crippen LogP contribution in [0.5, 0.6) is 0 Å². The van der Waals surface area contributed by atoms with Gasteiger partial charge in [-0.25, -0.2) is 0 Å². The van der Waals surface area contributed by atoms with Crippen molar-refractivity contribution in [2.24, 2.45) is 0 Å². The lowest BCUT2D eigenvalue weighted by molar-refractivity contribution is 0.661. The molecule has 552 valence electrons. The topological polar surface area (TPSA) is 6.48 Å². The van der Waals surface area contributed by atoms with Gasteiger partial charge in [0.2, 0.25) is 0 Å². The van der Waals surface area contributed by atoms with Gasteiger partial charge < -0.3 is 9.80 Å². The van der Waals surface area contributed by atoms with Crippen LogP contribution in [0.2, 0.25) is 0 Å². The molecule has 1 aliphatic rings. The molecule has 15 rings (SSSR count). The third-order valence-electron chi connectivity index (χ3n) is 23.6. The number of unbranched alkanes of at least 4 members (excludes halogenated alkanes) is 6. The number of fused-ring (bicyclic) bond motifs is 3. The van der Waals surface area contributed by atoms with Crippen molar-refractivity contribution in [3.8, 4) is 111 Å². The average molecular weight is 1440 g/mol. The van der Waals surface area contributed by atoms with Crippen LogP contribution >= 0.6 is 0 Å². The number of rotatable bonds is 26. The van der Waals surface area contributed by atoms with E-state index < -0.39 is 0 Å². The van der Waals surface area contributed by atoms with E-state index in [1.165, 1.54) is 224 Å². The molecular weight excluding hydrogens is 1340 g/mol. The lowest BCUT2D eigenvalue weighted by atomic mass is 9.81. The monoisotopic (exact) mass is 1440 g/mol. The van der Waals surface area contributed by atoms with Crippen LogP contribution in [0.25, 0.3) is 117 Å². The molecule has 0 saturated heterocycles. The van der Waals surface area contributed by atoms with Crippen molar-refractivity contribution in [3.63, 3.8) is 0 Å². The second-order valence-electron chi connectivity index (χ2n) is 32.0. The Morgan fingerprint density at radius 3 is 1.14 bits per heavy atom. The van der Waals surface area contributed by atoms with E-state index in [1.807, 2.05) is 0 Å². The maximum atomic E-state index is 2.58. The van der Waals surface area contributed by atoms with Crippen LogP contribution < -0.4 is 9.80 Å². The molecule has 0 atom stereocenters. The van der Waals surface area contributed by atoms with Gasteiger partial charge >= 0.3 is 0 Å². The zero-order chi connectivity index (χ0) is 76.7. The molecule has 14 aromatic carbocycles. The first-order valence-electron chi connectivity index (χ1n) is 40.8. The molecular formula is C109H106N2. The van der Waals surface area contributed by atoms with Crippen LogP contribution in [0.1, 0.15) is 156 Å². The minimum atomic E-state index is -0.155. The summed E-state index contributed by atoms with van der Waals surface area (Å²) in [6.45, 7) is 22.7. The summed E-state index contributed by atoms with van der Waals surface area (Å²) in [5.41, 5.74) is 42.7. The first kappa shape index (κ1) is 74.9. The van der Waals surface area contributed by atoms with E-state index in [2.05, 4.69) is 402 Å². The SMILES string of the molecule is C/C=C/c1cccc(-c2cccc(-c3ccc(N(c4ccc(-c5ccc6c(c5)C(C)(C)c5cc(-c7ccc(C)cc7)ccc5-6)cc4)c4ccc(-c5ccc(-c6cc(CCCCCC)c(-c7ccc(-c8ccc(N(C)c9ccc(-c%10ccc(C(C)C)cc%10)cc9)cc8C)cc7)cc6CCCCCC)cc5)c(C)c4)cc3)c2)c1. The number of allylic oxidation sites excluding steroid dienone is 1. The van der Waals surface area contributed by atoms with Gasteiger partial charge in [-0.3, -0.25) is 0 Å². The lowest BCUT2D eigenvalue weighted by Gasteiger charge is -2.27. The number of aryl methyl sites for hydroxylation is 5. The molecule has 0 fully saturated rings. The van der Waals surface area contributed by atoms with Crippen molar-refractivity contribution >= 4 is 34.5 Å². The fourth-order valence-corrected chi connectivity index (χ4v) is 17.0. The molecule has 111 heavy (non-hydrogen) atoms. The second-order valence-corrected chi connectivity index (χ2v) is 32.0. The third kappa shape index (κ3) is 16.2. The average Bonchev–Trinajstić information content (AvgIpc) is 1.57. The number of benzene rings is 14. The molecule has 0 heterocycles. The zero-order valence-corrected chi connectivity index (χ0v) is 67.1. The minimum absolute atomic E-state index is 0.155. The molecule has 0 spiro atoms. The predicted molar refractivity (Wildman–Crippen MR) is 481 cm³/mol. The minimum Gasteiger partial charge on any atom is -0.345 e. The lowest BCUT2D eigenvalue weighted by Crippen LogP contribution is -2.15. The Bertz CT molecular complexity index is 5610. The zero-order valence-electron chi connectivity index (χ0n) is 67.1. The summed E-state index contributed by atoms with van der Waals surface area (Å²) in [5.74, 6) is 0.523. The highest BCUT2D eigenvalue weighted by Crippen LogP contribution is 2.52. The Kier molecular flexibility index (Phi) is 22.5. The highest BCUT2D eigenvalue weighted by molar-refractivity contribution is 5.89. The first-order chi connectivity index (χ1) is 54.1. The van der Waals surface area contributed by atoms with Gasteiger partial charge in [-0.05, 0) is 300 Å². The van der Waals surface area contributed by atoms with Crippen LogP contribution in [0.15, 0.2) is 309 Å². The summed E-state index contributed by atoms with van der Waals surface area (Å²) in [7, 11) is 2.17. The molecule has 0 bridgehead atoms. The number of nitrogens with zero attached hydrogens (tertiary/aromatic N) is 2. The van der Waals surface area contributed by atoms with E-state index >= 15 is 0 Å². The Morgan fingerprint density at radius 2 is 0.676 bits per heavy atom. The fraction of sp³-hybridized carbons (Fsp3) is 0.211. The highest BCUT2D eigenvalue weighted by Gasteiger charge is 2.36. The van der Waals surface area contributed by atoms with Gasteiger partial charge in [-0.15, -0.1) is 0 Å². The highest BCUT2D eigenvalue weighted by atomic mass is 15.1. The van der Waals surface area contributed by atoms with E-state index in [-0.39, 0.29) is 5.41 Å². The smallest absolute Gasteiger partial charge is 0.0464 e. The Morgan fingerprint density at radius 1 is 0.315 bits per heavy atom. The van der Waals surface area contributed by atoms with Gasteiger partial charge in [0, 0.05) is 40.9 Å². The molecule has 2 heteroatoms. The van der Waals surface area contributed by atoms with E-state index in [4.69, 9.17) is 0 Å². The summed E-state index contributed by atoms with van der Waals surface area (Å²) in [4.78, 5) is 4.72. The fourth-order valence-electron chi connectivity index (χ4n) is 17.0. The summed E-state index contributed by atoms with van der Waals surface area (Å²) in [6.07, 6.45) is 16.1. The molecule has 0 unspecified atom stereocenters. The van der Waals surface area contributed by atoms with Gasteiger partial charge in [-0.1, -0.05) is 316 Å². The van der Waals surface area contributed by atoms with Gasteiger partial charge in [0.1, 0.15) is 0 Å². The van der Waals surface area contributed by atoms with Crippen LogP contribution in [0.3, 0.4) is 0 Å². The van der Waals surface area contributed by atoms with E-state index in [1.54, 1.807) is 0 Å². The van der Waals surface area contributed by atoms with Crippen LogP contribution in [0, 0.1) is 20.8 Å². The predicted octanol–water partition coefficient (Wildman–Crippen LogP) is 31.6. The quantitative estimate of drug-likeness (QED) is 0.0499. The van der Waals surface area contributed by atoms with E-state index in [0.29, 0.717) is 5.92 Å². The molecule has 0 radical (unpaired) electrons. The number of anilines is 5. The normalized spacial score (nSPS) is 12.2. The molecule has 1 aliphatic carbocycles. The van der Waals surface area contributed by atoms with Gasteiger partial charge in [0.05, 0.1) is 0 Å². The van der Waals surface area contributed by atoms with Crippen molar-refractivity contribution in [2.45, 2.75) is 145 Å². The van der Waals surface area contributed by atoms with Crippen LogP contribution in [0.4, 0.5) is 28.4 Å². The summed E-state index contributed by atoms with van der Waals surface area (Å²) >= 11 is 0. The van der Waals surface area contributed by atoms with Gasteiger partial charge in [0.15, 0.2) is 0 Å². The Balaban J connectivity index is 0.715. The van der Waals surface area contributed by atoms with Crippen molar-refractivity contribution in [3.05, 3.63) is 359 Å². The van der Waals surface area contributed by atoms with Crippen molar-refractivity contribution in [1.82, 2.24) is 0 Å². The van der Waals surface area contributed by atoms with Crippen LogP contribution in [-0.4, -0.2) is 7.05 Å². The third-order valence-corrected chi connectivity index (χ3v) is 23.6. The molecule has 0 aromatic heterocycles. The van der Waals surface area contributed by atoms with Crippen LogP contribution in [-0.2, 0) is 18.3 Å². The van der Waals surface area contributed by atoms with E-state index in [9.17, 15) is 0 Å². The Hall–Kier alpha value is -11.6. The standard InChI is InChI=1S/C109H106N2/c1-12-15-17-19-25-94-71-106(95(26-20-18-16-13-2)70-105(94)87-42-38-85(39-43-87)101-64-60-99(66-76(101)7)110(11)96-54-46-81(47-55-96)80-36-34-79(35-37-80)74(4)5)88-44-40-86(41-45-88)102-65-61-100(67-77(102)8)111(97-56-48-83(49-57-97)90-28-22-29-91(69-90)89-27-21-24-78(68-89)23-14-3)98-58-50-84(51-59-98)93-53-63-104-103-62-52-92(82-32-30-75(6)31-33-82)72-107(103)109(9,10)108(104)73-93/h14,21-24,27-74H,12-13,15-20,25-26H2,1-11H3/b23-14+. The van der Waals surface area contributed by atoms with E-state index in [0.717, 1.165) is 29.9 Å². The largest absolute Gasteiger partial charge is 0.345 e. The maximum Gasteiger partial charge on any atom is 0.0464 e. The summed E-state index contributed by atoms with van der Waals surface area (Å²) in [6, 6.07) is 115. The van der Waals surface area contributed by atoms with Crippen molar-refractivity contribution in [2.75, 3.05) is 16.8 Å². The van der Waals surface area contributed by atoms with Crippen molar-refractivity contribution < 1.29 is 0 Å². The van der Waals surface area contributed by atoms with Gasteiger partial charge in [0.25, 0.3) is 0 Å². The summed E-state index contributed by atoms with van der Waals surface area (Å²) < 4.78 is 0. The molecule has 2 nitrogen and oxygen atoms in total. The molecule has 0 saturated carbocycles.